The summed E-state index contributed by atoms with van der Waals surface area (Å²) in [4.78, 5) is 30.6. The minimum atomic E-state index is -1.02. The van der Waals surface area contributed by atoms with Gasteiger partial charge in [0.25, 0.3) is 5.91 Å². The number of hydrogen-bond acceptors (Lipinski definition) is 4. The lowest BCUT2D eigenvalue weighted by Gasteiger charge is -2.30. The molecule has 5 nitrogen and oxygen atoms in total. The van der Waals surface area contributed by atoms with Gasteiger partial charge in [0.05, 0.1) is 11.4 Å². The summed E-state index contributed by atoms with van der Waals surface area (Å²) in [5, 5.41) is 2.66. The Kier molecular flexibility index (Phi) is 4.72. The van der Waals surface area contributed by atoms with Crippen LogP contribution in [0.4, 0.5) is 11.4 Å². The number of thiocarbonyl (C=S) groups is 1. The molecular formula is C19H17N3O2S. The zero-order chi connectivity index (χ0) is 18.0. The van der Waals surface area contributed by atoms with Crippen LogP contribution in [0.5, 0.6) is 0 Å². The molecule has 0 bridgehead atoms. The summed E-state index contributed by atoms with van der Waals surface area (Å²) >= 11 is 5.17. The Balaban J connectivity index is 1.89. The summed E-state index contributed by atoms with van der Waals surface area (Å²) in [5.74, 6) is -1.89. The minimum absolute atomic E-state index is 0.0825. The molecule has 1 atom stereocenters. The number of carbonyl (C=O) groups is 2. The van der Waals surface area contributed by atoms with Crippen molar-refractivity contribution in [1.29, 1.82) is 0 Å². The molecule has 0 radical (unpaired) electrons. The summed E-state index contributed by atoms with van der Waals surface area (Å²) in [7, 11) is 0. The van der Waals surface area contributed by atoms with Crippen molar-refractivity contribution < 1.29 is 9.59 Å². The van der Waals surface area contributed by atoms with Crippen molar-refractivity contribution in [2.24, 2.45) is 10.9 Å². The Morgan fingerprint density at radius 1 is 1.08 bits per heavy atom. The summed E-state index contributed by atoms with van der Waals surface area (Å²) in [6.07, 6.45) is 1.37. The van der Waals surface area contributed by atoms with Crippen molar-refractivity contribution >= 4 is 46.7 Å². The Labute approximate surface area is 151 Å². The summed E-state index contributed by atoms with van der Waals surface area (Å²) in [6, 6.07) is 14.9. The van der Waals surface area contributed by atoms with Gasteiger partial charge in [-0.1, -0.05) is 29.8 Å². The lowest BCUT2D eigenvalue weighted by Crippen LogP contribution is -2.58. The van der Waals surface area contributed by atoms with Crippen LogP contribution < -0.4 is 10.2 Å². The highest BCUT2D eigenvalue weighted by Gasteiger charge is 2.38. The molecule has 1 N–H and O–H groups in total. The number of amides is 2. The molecule has 1 aliphatic rings. The quantitative estimate of drug-likeness (QED) is 0.525. The molecule has 1 heterocycles. The maximum absolute atomic E-state index is 12.8. The SMILES string of the molecule is Cc1ccc(N2C(=O)[C@@H](C=Nc3cccc(C)c3)C(=O)NC2=S)cc1. The van der Waals surface area contributed by atoms with Gasteiger partial charge in [-0.05, 0) is 55.9 Å². The molecule has 2 amide bonds. The van der Waals surface area contributed by atoms with Gasteiger partial charge in [-0.2, -0.15) is 0 Å². The second kappa shape index (κ2) is 6.94. The molecule has 1 saturated heterocycles. The molecule has 1 aliphatic heterocycles. The van der Waals surface area contributed by atoms with Crippen LogP contribution in [-0.2, 0) is 9.59 Å². The molecule has 1 fully saturated rings. The summed E-state index contributed by atoms with van der Waals surface area (Å²) in [6.45, 7) is 3.91. The topological polar surface area (TPSA) is 61.8 Å². The molecule has 3 rings (SSSR count). The zero-order valence-electron chi connectivity index (χ0n) is 13.9. The van der Waals surface area contributed by atoms with Crippen molar-refractivity contribution in [3.63, 3.8) is 0 Å². The van der Waals surface area contributed by atoms with E-state index >= 15 is 0 Å². The summed E-state index contributed by atoms with van der Waals surface area (Å²) < 4.78 is 0. The minimum Gasteiger partial charge on any atom is -0.301 e. The van der Waals surface area contributed by atoms with Crippen molar-refractivity contribution in [3.8, 4) is 0 Å². The third kappa shape index (κ3) is 3.64. The van der Waals surface area contributed by atoms with E-state index < -0.39 is 17.7 Å². The van der Waals surface area contributed by atoms with Crippen LogP contribution in [0.1, 0.15) is 11.1 Å². The number of anilines is 1. The highest BCUT2D eigenvalue weighted by atomic mass is 32.1. The normalized spacial score (nSPS) is 17.9. The first-order chi connectivity index (χ1) is 12.0. The predicted molar refractivity (Wildman–Crippen MR) is 102 cm³/mol. The fourth-order valence-corrected chi connectivity index (χ4v) is 2.82. The van der Waals surface area contributed by atoms with E-state index in [1.807, 2.05) is 50.2 Å². The Bertz CT molecular complexity index is 874. The first-order valence-electron chi connectivity index (χ1n) is 7.82. The van der Waals surface area contributed by atoms with E-state index in [2.05, 4.69) is 10.3 Å². The third-order valence-corrected chi connectivity index (χ3v) is 4.15. The fraction of sp³-hybridized carbons (Fsp3) is 0.158. The van der Waals surface area contributed by atoms with Gasteiger partial charge >= 0.3 is 0 Å². The van der Waals surface area contributed by atoms with Gasteiger partial charge in [-0.25, -0.2) is 0 Å². The first kappa shape index (κ1) is 17.0. The molecule has 2 aromatic carbocycles. The zero-order valence-corrected chi connectivity index (χ0v) is 14.7. The third-order valence-electron chi connectivity index (χ3n) is 3.87. The van der Waals surface area contributed by atoms with E-state index in [-0.39, 0.29) is 5.11 Å². The molecule has 6 heteroatoms. The number of aryl methyl sites for hydroxylation is 2. The lowest BCUT2D eigenvalue weighted by atomic mass is 10.1. The van der Waals surface area contributed by atoms with Gasteiger partial charge in [0.15, 0.2) is 11.0 Å². The highest BCUT2D eigenvalue weighted by Crippen LogP contribution is 2.21. The average molecular weight is 351 g/mol. The van der Waals surface area contributed by atoms with Crippen LogP contribution in [0, 0.1) is 19.8 Å². The Morgan fingerprint density at radius 3 is 2.48 bits per heavy atom. The van der Waals surface area contributed by atoms with Crippen LogP contribution >= 0.6 is 12.2 Å². The van der Waals surface area contributed by atoms with Gasteiger partial charge in [-0.3, -0.25) is 19.5 Å². The molecular weight excluding hydrogens is 334 g/mol. The Hall–Kier alpha value is -2.86. The molecule has 126 valence electrons. The van der Waals surface area contributed by atoms with Crippen molar-refractivity contribution in [2.45, 2.75) is 13.8 Å². The van der Waals surface area contributed by atoms with Crippen molar-refractivity contribution in [3.05, 3.63) is 59.7 Å². The monoisotopic (exact) mass is 351 g/mol. The average Bonchev–Trinajstić information content (AvgIpc) is 2.56. The van der Waals surface area contributed by atoms with Crippen LogP contribution in [0.25, 0.3) is 0 Å². The number of aliphatic imine (C=N–C) groups is 1. The second-order valence-corrected chi connectivity index (χ2v) is 6.29. The summed E-state index contributed by atoms with van der Waals surface area (Å²) in [5.41, 5.74) is 3.43. The molecule has 0 spiro atoms. The molecule has 0 unspecified atom stereocenters. The largest absolute Gasteiger partial charge is 0.301 e. The van der Waals surface area contributed by atoms with Crippen LogP contribution in [0.3, 0.4) is 0 Å². The van der Waals surface area contributed by atoms with Gasteiger partial charge in [0, 0.05) is 6.21 Å². The van der Waals surface area contributed by atoms with Gasteiger partial charge < -0.3 is 5.32 Å². The number of nitrogens with zero attached hydrogens (tertiary/aromatic N) is 2. The molecule has 0 aromatic heterocycles. The molecule has 25 heavy (non-hydrogen) atoms. The van der Waals surface area contributed by atoms with Crippen molar-refractivity contribution in [1.82, 2.24) is 5.32 Å². The first-order valence-corrected chi connectivity index (χ1v) is 8.23. The maximum atomic E-state index is 12.8. The smallest absolute Gasteiger partial charge is 0.251 e. The Morgan fingerprint density at radius 2 is 1.80 bits per heavy atom. The van der Waals surface area contributed by atoms with Crippen LogP contribution in [-0.4, -0.2) is 23.1 Å². The van der Waals surface area contributed by atoms with E-state index in [1.165, 1.54) is 11.1 Å². The van der Waals surface area contributed by atoms with Crippen LogP contribution in [0.2, 0.25) is 0 Å². The van der Waals surface area contributed by atoms with E-state index in [9.17, 15) is 9.59 Å². The van der Waals surface area contributed by atoms with Crippen molar-refractivity contribution in [2.75, 3.05) is 4.90 Å². The van der Waals surface area contributed by atoms with E-state index in [4.69, 9.17) is 12.2 Å². The molecule has 2 aromatic rings. The molecule has 0 aliphatic carbocycles. The van der Waals surface area contributed by atoms with Gasteiger partial charge in [-0.15, -0.1) is 0 Å². The number of carbonyl (C=O) groups excluding carboxylic acids is 2. The number of nitrogens with one attached hydrogen (secondary N) is 1. The standard InChI is InChI=1S/C19H17N3O2S/c1-12-6-8-15(9-7-12)22-18(24)16(17(23)21-19(22)25)11-20-14-5-3-4-13(2)10-14/h3-11,16H,1-2H3,(H,21,23,25)/t16-/m0/s1. The fourth-order valence-electron chi connectivity index (χ4n) is 2.53. The van der Waals surface area contributed by atoms with E-state index in [0.29, 0.717) is 11.4 Å². The van der Waals surface area contributed by atoms with Crippen LogP contribution in [0.15, 0.2) is 53.5 Å². The predicted octanol–water partition coefficient (Wildman–Crippen LogP) is 3.07. The van der Waals surface area contributed by atoms with E-state index in [1.54, 1.807) is 12.1 Å². The van der Waals surface area contributed by atoms with Gasteiger partial charge in [0.1, 0.15) is 0 Å². The molecule has 0 saturated carbocycles. The van der Waals surface area contributed by atoms with Gasteiger partial charge in [0.2, 0.25) is 5.91 Å². The second-order valence-electron chi connectivity index (χ2n) is 5.90. The van der Waals surface area contributed by atoms with E-state index in [0.717, 1.165) is 11.1 Å². The highest BCUT2D eigenvalue weighted by molar-refractivity contribution is 7.80. The lowest BCUT2D eigenvalue weighted by molar-refractivity contribution is -0.130. The number of benzene rings is 2. The number of hydrogen-bond donors (Lipinski definition) is 1. The maximum Gasteiger partial charge on any atom is 0.251 e. The number of rotatable bonds is 3.